The molecule has 170 valence electrons. The fraction of sp³-hybridized carbons (Fsp3) is 0.400. The lowest BCUT2D eigenvalue weighted by atomic mass is 9.96. The van der Waals surface area contributed by atoms with Crippen LogP contribution >= 0.6 is 11.6 Å². The van der Waals surface area contributed by atoms with E-state index in [0.29, 0.717) is 47.4 Å². The van der Waals surface area contributed by atoms with E-state index in [1.807, 2.05) is 0 Å². The smallest absolute Gasteiger partial charge is 0.255 e. The van der Waals surface area contributed by atoms with Crippen molar-refractivity contribution in [3.05, 3.63) is 64.7 Å². The lowest BCUT2D eigenvalue weighted by Gasteiger charge is -2.32. The Morgan fingerprint density at radius 2 is 1.69 bits per heavy atom. The van der Waals surface area contributed by atoms with Crippen LogP contribution in [0.2, 0.25) is 5.02 Å². The molecule has 1 heterocycles. The molecular formula is C25H30ClN3O3. The highest BCUT2D eigenvalue weighted by molar-refractivity contribution is 6.30. The number of carbonyl (C=O) groups excluding carboxylic acids is 3. The summed E-state index contributed by atoms with van der Waals surface area (Å²) in [4.78, 5) is 39.5. The van der Waals surface area contributed by atoms with Crippen molar-refractivity contribution < 1.29 is 14.4 Å². The molecule has 6 nitrogen and oxygen atoms in total. The molecule has 0 aromatic heterocycles. The van der Waals surface area contributed by atoms with Gasteiger partial charge in [-0.15, -0.1) is 0 Å². The van der Waals surface area contributed by atoms with Crippen LogP contribution in [0.15, 0.2) is 48.5 Å². The summed E-state index contributed by atoms with van der Waals surface area (Å²) in [5.41, 5.74) is 1.64. The molecule has 1 fully saturated rings. The lowest BCUT2D eigenvalue weighted by molar-refractivity contribution is -0.126. The molecule has 32 heavy (non-hydrogen) atoms. The third-order valence-corrected chi connectivity index (χ3v) is 5.85. The first-order valence-electron chi connectivity index (χ1n) is 11.1. The summed E-state index contributed by atoms with van der Waals surface area (Å²) in [6, 6.07) is 13.5. The Bertz CT molecular complexity index is 942. The average molecular weight is 456 g/mol. The predicted octanol–water partition coefficient (Wildman–Crippen LogP) is 4.61. The molecule has 1 saturated heterocycles. The van der Waals surface area contributed by atoms with Crippen LogP contribution in [0.1, 0.15) is 53.8 Å². The van der Waals surface area contributed by atoms with Crippen LogP contribution in [-0.2, 0) is 4.79 Å². The highest BCUT2D eigenvalue weighted by atomic mass is 35.5. The molecule has 1 aliphatic rings. The number of likely N-dealkylation sites (tertiary alicyclic amines) is 1. The summed E-state index contributed by atoms with van der Waals surface area (Å²) in [5, 5.41) is 6.38. The second kappa shape index (κ2) is 11.1. The molecule has 0 spiro atoms. The normalized spacial score (nSPS) is 16.0. The van der Waals surface area contributed by atoms with E-state index >= 15 is 0 Å². The monoisotopic (exact) mass is 455 g/mol. The largest absolute Gasteiger partial charge is 0.356 e. The first-order valence-corrected chi connectivity index (χ1v) is 11.4. The molecule has 1 unspecified atom stereocenters. The minimum atomic E-state index is -0.247. The Labute approximate surface area is 194 Å². The van der Waals surface area contributed by atoms with Gasteiger partial charge in [-0.2, -0.15) is 0 Å². The fourth-order valence-corrected chi connectivity index (χ4v) is 3.81. The minimum Gasteiger partial charge on any atom is -0.356 e. The Morgan fingerprint density at radius 1 is 1.03 bits per heavy atom. The molecule has 0 aliphatic carbocycles. The fourth-order valence-electron chi connectivity index (χ4n) is 3.69. The number of hydrogen-bond donors (Lipinski definition) is 2. The molecule has 2 aromatic rings. The van der Waals surface area contributed by atoms with Crippen LogP contribution in [0.5, 0.6) is 0 Å². The van der Waals surface area contributed by atoms with Gasteiger partial charge in [-0.3, -0.25) is 14.4 Å². The van der Waals surface area contributed by atoms with Crippen LogP contribution in [0.25, 0.3) is 0 Å². The molecule has 3 rings (SSSR count). The molecule has 1 aliphatic heterocycles. The molecule has 0 bridgehead atoms. The second-order valence-corrected chi connectivity index (χ2v) is 9.04. The van der Waals surface area contributed by atoms with Crippen molar-refractivity contribution in [2.24, 2.45) is 11.8 Å². The Balaban J connectivity index is 1.56. The summed E-state index contributed by atoms with van der Waals surface area (Å²) in [7, 11) is 0. The van der Waals surface area contributed by atoms with Gasteiger partial charge < -0.3 is 15.5 Å². The highest BCUT2D eigenvalue weighted by Gasteiger charge is 2.28. The molecule has 2 aromatic carbocycles. The van der Waals surface area contributed by atoms with E-state index in [4.69, 9.17) is 11.6 Å². The van der Waals surface area contributed by atoms with Gasteiger partial charge in [-0.25, -0.2) is 0 Å². The van der Waals surface area contributed by atoms with E-state index in [-0.39, 0.29) is 23.6 Å². The Hall–Kier alpha value is -2.86. The first-order chi connectivity index (χ1) is 15.3. The summed E-state index contributed by atoms with van der Waals surface area (Å²) in [6.45, 7) is 6.00. The van der Waals surface area contributed by atoms with E-state index in [9.17, 15) is 14.4 Å². The summed E-state index contributed by atoms with van der Waals surface area (Å²) >= 11 is 5.86. The van der Waals surface area contributed by atoms with Crippen molar-refractivity contribution in [1.29, 1.82) is 0 Å². The van der Waals surface area contributed by atoms with Crippen LogP contribution in [0.3, 0.4) is 0 Å². The highest BCUT2D eigenvalue weighted by Crippen LogP contribution is 2.20. The molecule has 2 N–H and O–H groups in total. The van der Waals surface area contributed by atoms with Gasteiger partial charge in [0, 0.05) is 41.5 Å². The van der Waals surface area contributed by atoms with Crippen LogP contribution in [0, 0.1) is 11.8 Å². The zero-order chi connectivity index (χ0) is 23.1. The van der Waals surface area contributed by atoms with Crippen molar-refractivity contribution >= 4 is 35.0 Å². The maximum absolute atomic E-state index is 13.0. The summed E-state index contributed by atoms with van der Waals surface area (Å²) in [6.07, 6.45) is 2.55. The van der Waals surface area contributed by atoms with Crippen LogP contribution in [0.4, 0.5) is 5.69 Å². The maximum Gasteiger partial charge on any atom is 0.255 e. The van der Waals surface area contributed by atoms with Crippen LogP contribution in [-0.4, -0.2) is 42.3 Å². The zero-order valence-electron chi connectivity index (χ0n) is 18.6. The third-order valence-electron chi connectivity index (χ3n) is 5.60. The number of rotatable bonds is 7. The van der Waals surface area contributed by atoms with Gasteiger partial charge >= 0.3 is 0 Å². The van der Waals surface area contributed by atoms with Gasteiger partial charge in [-0.1, -0.05) is 25.4 Å². The molecule has 7 heteroatoms. The standard InChI is InChI=1S/C25H30ClN3O3/c1-17(2)13-14-27-23(30)20-4-3-15-29(16-20)25(32)19-7-11-22(12-8-19)28-24(31)18-5-9-21(26)10-6-18/h5-12,17,20H,3-4,13-16H2,1-2H3,(H,27,30)(H,28,31). The van der Waals surface area contributed by atoms with E-state index in [0.717, 1.165) is 19.3 Å². The zero-order valence-corrected chi connectivity index (χ0v) is 19.3. The van der Waals surface area contributed by atoms with Crippen molar-refractivity contribution in [3.63, 3.8) is 0 Å². The van der Waals surface area contributed by atoms with Gasteiger partial charge in [0.15, 0.2) is 0 Å². The predicted molar refractivity (Wildman–Crippen MR) is 127 cm³/mol. The second-order valence-electron chi connectivity index (χ2n) is 8.60. The van der Waals surface area contributed by atoms with Gasteiger partial charge in [0.2, 0.25) is 5.91 Å². The SMILES string of the molecule is CC(C)CCNC(=O)C1CCCN(C(=O)c2ccc(NC(=O)c3ccc(Cl)cc3)cc2)C1. The Kier molecular flexibility index (Phi) is 8.28. The van der Waals surface area contributed by atoms with E-state index in [1.54, 1.807) is 53.4 Å². The Morgan fingerprint density at radius 3 is 2.34 bits per heavy atom. The van der Waals surface area contributed by atoms with E-state index in [1.165, 1.54) is 0 Å². The van der Waals surface area contributed by atoms with Gasteiger partial charge in [0.1, 0.15) is 0 Å². The number of carbonyl (C=O) groups is 3. The average Bonchev–Trinajstić information content (AvgIpc) is 2.79. The van der Waals surface area contributed by atoms with Gasteiger partial charge in [0.25, 0.3) is 11.8 Å². The summed E-state index contributed by atoms with van der Waals surface area (Å²) in [5.74, 6) is 0.0586. The number of amides is 3. The number of benzene rings is 2. The molecule has 0 radical (unpaired) electrons. The molecule has 0 saturated carbocycles. The minimum absolute atomic E-state index is 0.0309. The van der Waals surface area contributed by atoms with E-state index < -0.39 is 0 Å². The molecular weight excluding hydrogens is 426 g/mol. The molecule has 3 amide bonds. The quantitative estimate of drug-likeness (QED) is 0.640. The number of nitrogens with one attached hydrogen (secondary N) is 2. The number of nitrogens with zero attached hydrogens (tertiary/aromatic N) is 1. The van der Waals surface area contributed by atoms with Gasteiger partial charge in [-0.05, 0) is 73.7 Å². The van der Waals surface area contributed by atoms with Gasteiger partial charge in [0.05, 0.1) is 5.92 Å². The number of anilines is 1. The van der Waals surface area contributed by atoms with Crippen molar-refractivity contribution in [2.45, 2.75) is 33.1 Å². The van der Waals surface area contributed by atoms with E-state index in [2.05, 4.69) is 24.5 Å². The molecule has 1 atom stereocenters. The number of hydrogen-bond acceptors (Lipinski definition) is 3. The van der Waals surface area contributed by atoms with Crippen molar-refractivity contribution in [2.75, 3.05) is 25.0 Å². The van der Waals surface area contributed by atoms with Crippen molar-refractivity contribution in [3.8, 4) is 0 Å². The summed E-state index contributed by atoms with van der Waals surface area (Å²) < 4.78 is 0. The lowest BCUT2D eigenvalue weighted by Crippen LogP contribution is -2.45. The van der Waals surface area contributed by atoms with Crippen LogP contribution < -0.4 is 10.6 Å². The maximum atomic E-state index is 13.0. The number of piperidine rings is 1. The first kappa shape index (κ1) is 23.8. The topological polar surface area (TPSA) is 78.5 Å². The van der Waals surface area contributed by atoms with Crippen molar-refractivity contribution in [1.82, 2.24) is 10.2 Å². The third kappa shape index (κ3) is 6.57. The number of halogens is 1.